The topological polar surface area (TPSA) is 48.4 Å². The molecule has 4 nitrogen and oxygen atoms in total. The van der Waals surface area contributed by atoms with E-state index in [0.29, 0.717) is 38.9 Å². The minimum atomic E-state index is -3.43. The molecule has 5 heteroatoms. The molecule has 1 aromatic heterocycles. The van der Waals surface area contributed by atoms with Gasteiger partial charge in [0.2, 0.25) is 0 Å². The van der Waals surface area contributed by atoms with Gasteiger partial charge in [-0.3, -0.25) is 4.98 Å². The average molecular weight is 626 g/mol. The lowest BCUT2D eigenvalue weighted by molar-refractivity contribution is 0.463. The number of fused-ring (bicyclic) bond motifs is 4. The summed E-state index contributed by atoms with van der Waals surface area (Å²) in [5.41, 5.74) is 9.10. The van der Waals surface area contributed by atoms with E-state index in [1.165, 1.54) is 5.56 Å². The van der Waals surface area contributed by atoms with Gasteiger partial charge in [0, 0.05) is 29.1 Å². The number of hydrogen-bond donors (Lipinski definition) is 0. The van der Waals surface area contributed by atoms with E-state index in [1.54, 1.807) is 0 Å². The predicted octanol–water partition coefficient (Wildman–Crippen LogP) is 9.91. The van der Waals surface area contributed by atoms with Crippen LogP contribution in [0.5, 0.6) is 23.0 Å². The maximum Gasteiger partial charge on any atom is 0.185 e. The first kappa shape index (κ1) is 27.6. The summed E-state index contributed by atoms with van der Waals surface area (Å²) in [6.07, 6.45) is 3.71. The number of aryl methyl sites for hydroxylation is 1. The zero-order valence-corrected chi connectivity index (χ0v) is 26.4. The van der Waals surface area contributed by atoms with Crippen LogP contribution in [0, 0.1) is 6.92 Å². The van der Waals surface area contributed by atoms with Crippen molar-refractivity contribution in [2.24, 2.45) is 0 Å². The number of pyridine rings is 1. The second-order valence-corrected chi connectivity index (χ2v) is 14.6. The summed E-state index contributed by atoms with van der Waals surface area (Å²) in [4.78, 5) is 4.33. The van der Waals surface area contributed by atoms with E-state index in [4.69, 9.17) is 9.47 Å². The van der Waals surface area contributed by atoms with Crippen LogP contribution in [0.25, 0.3) is 44.5 Å². The summed E-state index contributed by atoms with van der Waals surface area (Å²) >= 11 is 0. The van der Waals surface area contributed by atoms with Crippen LogP contribution < -0.4 is 25.4 Å². The van der Waals surface area contributed by atoms with Gasteiger partial charge in [0.15, 0.2) is 7.14 Å². The Hall–Kier alpha value is -5.70. The van der Waals surface area contributed by atoms with Crippen molar-refractivity contribution in [3.05, 3.63) is 157 Å². The standard InChI is InChI=1S/C42H28NO3P/c1-27-22-23-43-26-35(27)31-20-18-28(19-21-31)32-24-36-42-37(25-32)46-41-34(30-12-6-3-7-13-30)15-9-17-39(41)47(42,44)38-16-8-14-33(40(38)45-36)29-10-4-2-5-11-29/h2-26H,1H3. The van der Waals surface area contributed by atoms with Crippen LogP contribution in [0.4, 0.5) is 0 Å². The molecule has 0 saturated carbocycles. The molecular formula is C42H28NO3P. The van der Waals surface area contributed by atoms with E-state index in [1.807, 2.05) is 103 Å². The molecular weight excluding hydrogens is 597 g/mol. The van der Waals surface area contributed by atoms with Crippen LogP contribution in [0.3, 0.4) is 0 Å². The normalized spacial score (nSPS) is 13.4. The van der Waals surface area contributed by atoms with Crippen molar-refractivity contribution in [1.82, 2.24) is 4.98 Å². The molecule has 2 aliphatic heterocycles. The molecule has 9 rings (SSSR count). The van der Waals surface area contributed by atoms with Gasteiger partial charge >= 0.3 is 0 Å². The van der Waals surface area contributed by atoms with Crippen molar-refractivity contribution in [2.45, 2.75) is 6.92 Å². The Kier molecular flexibility index (Phi) is 6.28. The van der Waals surface area contributed by atoms with Crippen molar-refractivity contribution in [3.63, 3.8) is 0 Å². The fraction of sp³-hybridized carbons (Fsp3) is 0.0238. The van der Waals surface area contributed by atoms with Crippen LogP contribution in [0.2, 0.25) is 0 Å². The van der Waals surface area contributed by atoms with E-state index in [0.717, 1.165) is 44.5 Å². The summed E-state index contributed by atoms with van der Waals surface area (Å²) in [6.45, 7) is 2.09. The number of benzene rings is 6. The van der Waals surface area contributed by atoms with Crippen molar-refractivity contribution in [1.29, 1.82) is 0 Å². The van der Waals surface area contributed by atoms with Gasteiger partial charge in [-0.1, -0.05) is 109 Å². The average Bonchev–Trinajstić information content (AvgIpc) is 3.12. The van der Waals surface area contributed by atoms with Gasteiger partial charge < -0.3 is 14.0 Å². The van der Waals surface area contributed by atoms with Gasteiger partial charge in [-0.25, -0.2) is 0 Å². The van der Waals surface area contributed by atoms with Gasteiger partial charge in [0.25, 0.3) is 0 Å². The SMILES string of the molecule is Cc1ccncc1-c1ccc(-c2cc3c4c(c2)Oc2c(-c5ccccc5)cccc2P4(=O)c2cccc(-c4ccccc4)c2O3)cc1. The molecule has 0 unspecified atom stereocenters. The van der Waals surface area contributed by atoms with Crippen molar-refractivity contribution in [3.8, 4) is 67.5 Å². The van der Waals surface area contributed by atoms with Gasteiger partial charge in [0.05, 0.1) is 10.6 Å². The second kappa shape index (κ2) is 10.7. The molecule has 0 saturated heterocycles. The van der Waals surface area contributed by atoms with Gasteiger partial charge in [0.1, 0.15) is 28.3 Å². The smallest absolute Gasteiger partial charge is 0.185 e. The Morgan fingerprint density at radius 1 is 0.511 bits per heavy atom. The van der Waals surface area contributed by atoms with Crippen molar-refractivity contribution < 1.29 is 14.0 Å². The number of para-hydroxylation sites is 2. The molecule has 0 aliphatic carbocycles. The van der Waals surface area contributed by atoms with E-state index < -0.39 is 7.14 Å². The summed E-state index contributed by atoms with van der Waals surface area (Å²) < 4.78 is 29.7. The van der Waals surface area contributed by atoms with Crippen molar-refractivity contribution >= 4 is 23.1 Å². The highest BCUT2D eigenvalue weighted by Gasteiger charge is 2.48. The van der Waals surface area contributed by atoms with Gasteiger partial charge in [-0.05, 0) is 70.6 Å². The lowest BCUT2D eigenvalue weighted by Crippen LogP contribution is -2.35. The lowest BCUT2D eigenvalue weighted by atomic mass is 9.98. The Morgan fingerprint density at radius 2 is 1.02 bits per heavy atom. The van der Waals surface area contributed by atoms with Crippen LogP contribution >= 0.6 is 7.14 Å². The molecule has 2 aliphatic rings. The largest absolute Gasteiger partial charge is 0.455 e. The molecule has 3 heterocycles. The summed E-state index contributed by atoms with van der Waals surface area (Å²) in [5, 5.41) is 1.98. The molecule has 6 aromatic carbocycles. The van der Waals surface area contributed by atoms with E-state index >= 15 is 4.57 Å². The zero-order chi connectivity index (χ0) is 31.5. The minimum Gasteiger partial charge on any atom is -0.455 e. The Bertz CT molecular complexity index is 2270. The fourth-order valence-corrected chi connectivity index (χ4v) is 9.94. The predicted molar refractivity (Wildman–Crippen MR) is 190 cm³/mol. The fourth-order valence-electron chi connectivity index (χ4n) is 6.86. The summed E-state index contributed by atoms with van der Waals surface area (Å²) in [7, 11) is -3.43. The Morgan fingerprint density at radius 3 is 1.55 bits per heavy atom. The van der Waals surface area contributed by atoms with Crippen LogP contribution in [-0.2, 0) is 4.57 Å². The second-order valence-electron chi connectivity index (χ2n) is 11.9. The molecule has 0 spiro atoms. The Balaban J connectivity index is 1.28. The van der Waals surface area contributed by atoms with Gasteiger partial charge in [-0.2, -0.15) is 0 Å². The third-order valence-corrected chi connectivity index (χ3v) is 12.3. The Labute approximate surface area is 273 Å². The minimum absolute atomic E-state index is 0.555. The van der Waals surface area contributed by atoms with Gasteiger partial charge in [-0.15, -0.1) is 0 Å². The molecule has 224 valence electrons. The quantitative estimate of drug-likeness (QED) is 0.183. The lowest BCUT2D eigenvalue weighted by Gasteiger charge is -2.36. The molecule has 0 bridgehead atoms. The maximum atomic E-state index is 16.0. The van der Waals surface area contributed by atoms with Crippen LogP contribution in [0.15, 0.2) is 152 Å². The molecule has 47 heavy (non-hydrogen) atoms. The third kappa shape index (κ3) is 4.30. The number of aromatic nitrogens is 1. The first-order chi connectivity index (χ1) is 23.1. The number of nitrogens with zero attached hydrogens (tertiary/aromatic N) is 1. The first-order valence-corrected chi connectivity index (χ1v) is 17.3. The number of hydrogen-bond acceptors (Lipinski definition) is 4. The number of rotatable bonds is 4. The zero-order valence-electron chi connectivity index (χ0n) is 25.6. The number of ether oxygens (including phenoxy) is 2. The maximum absolute atomic E-state index is 16.0. The highest BCUT2D eigenvalue weighted by Crippen LogP contribution is 2.61. The van der Waals surface area contributed by atoms with E-state index in [9.17, 15) is 0 Å². The van der Waals surface area contributed by atoms with Crippen LogP contribution in [-0.4, -0.2) is 4.98 Å². The van der Waals surface area contributed by atoms with Crippen molar-refractivity contribution in [2.75, 3.05) is 0 Å². The van der Waals surface area contributed by atoms with E-state index in [2.05, 4.69) is 60.4 Å². The monoisotopic (exact) mass is 625 g/mol. The third-order valence-electron chi connectivity index (χ3n) is 9.18. The summed E-state index contributed by atoms with van der Waals surface area (Å²) in [6, 6.07) is 46.7. The molecule has 0 atom stereocenters. The molecule has 0 amide bonds. The first-order valence-electron chi connectivity index (χ1n) is 15.6. The molecule has 0 fully saturated rings. The molecule has 7 aromatic rings. The highest BCUT2D eigenvalue weighted by molar-refractivity contribution is 7.86. The highest BCUT2D eigenvalue weighted by atomic mass is 31.2. The van der Waals surface area contributed by atoms with Crippen LogP contribution in [0.1, 0.15) is 5.56 Å². The van der Waals surface area contributed by atoms with E-state index in [-0.39, 0.29) is 0 Å². The molecule has 0 N–H and O–H groups in total. The summed E-state index contributed by atoms with van der Waals surface area (Å²) in [5.74, 6) is 2.36. The molecule has 0 radical (unpaired) electrons.